The molecule has 0 amide bonds. The molecule has 27 heavy (non-hydrogen) atoms. The number of nitrogens with one attached hydrogen (secondary N) is 1. The van der Waals surface area contributed by atoms with E-state index in [2.05, 4.69) is 4.72 Å². The molecule has 0 atom stereocenters. The van der Waals surface area contributed by atoms with E-state index >= 15 is 0 Å². The molecule has 0 bridgehead atoms. The van der Waals surface area contributed by atoms with Crippen molar-refractivity contribution in [3.8, 4) is 11.5 Å². The summed E-state index contributed by atoms with van der Waals surface area (Å²) in [5, 5.41) is 0. The van der Waals surface area contributed by atoms with E-state index in [1.54, 1.807) is 26.2 Å². The van der Waals surface area contributed by atoms with Crippen LogP contribution in [0.2, 0.25) is 0 Å². The van der Waals surface area contributed by atoms with Crippen LogP contribution in [-0.4, -0.2) is 21.6 Å². The molecule has 0 aliphatic carbocycles. The summed E-state index contributed by atoms with van der Waals surface area (Å²) in [4.78, 5) is 0.284. The zero-order valence-electron chi connectivity index (χ0n) is 16.9. The van der Waals surface area contributed by atoms with Crippen molar-refractivity contribution in [3.63, 3.8) is 0 Å². The number of rotatable bonds is 8. The van der Waals surface area contributed by atoms with Crippen LogP contribution in [0.5, 0.6) is 11.5 Å². The fourth-order valence-electron chi connectivity index (χ4n) is 2.81. The van der Waals surface area contributed by atoms with Crippen LogP contribution in [-0.2, 0) is 16.6 Å². The highest BCUT2D eigenvalue weighted by Gasteiger charge is 2.20. The maximum atomic E-state index is 12.8. The van der Waals surface area contributed by atoms with Crippen LogP contribution in [0.4, 0.5) is 0 Å². The lowest BCUT2D eigenvalue weighted by molar-refractivity contribution is 0.242. The van der Waals surface area contributed by atoms with Crippen LogP contribution in [0.15, 0.2) is 41.3 Å². The number of ether oxygens (including phenoxy) is 2. The molecule has 0 heterocycles. The number of hydrogen-bond acceptors (Lipinski definition) is 4. The van der Waals surface area contributed by atoms with Crippen LogP contribution in [0.3, 0.4) is 0 Å². The molecular formula is C21H29NO4S. The van der Waals surface area contributed by atoms with Gasteiger partial charge in [0.2, 0.25) is 10.0 Å². The maximum absolute atomic E-state index is 12.8. The number of sulfonamides is 1. The van der Waals surface area contributed by atoms with E-state index in [4.69, 9.17) is 9.47 Å². The first-order valence-electron chi connectivity index (χ1n) is 9.08. The highest BCUT2D eigenvalue weighted by molar-refractivity contribution is 7.89. The normalized spacial score (nSPS) is 11.9. The highest BCUT2D eigenvalue weighted by atomic mass is 32.2. The second kappa shape index (κ2) is 8.76. The molecule has 2 rings (SSSR count). The summed E-state index contributed by atoms with van der Waals surface area (Å²) in [6.07, 6.45) is 0.0996. The Morgan fingerprint density at radius 2 is 1.67 bits per heavy atom. The van der Waals surface area contributed by atoms with Crippen molar-refractivity contribution >= 4 is 10.0 Å². The SMILES string of the molecule is COc1cc(C)c(S(=O)(=O)NCc2ccc(OC(C)C)cc2)cc1C(C)C. The standard InChI is InChI=1S/C21H29NO4S/c1-14(2)19-12-21(16(5)11-20(19)25-6)27(23,24)22-13-17-7-9-18(10-8-17)26-15(3)4/h7-12,14-15,22H,13H2,1-6H3. The van der Waals surface area contributed by atoms with E-state index in [-0.39, 0.29) is 23.5 Å². The van der Waals surface area contributed by atoms with E-state index in [0.29, 0.717) is 11.3 Å². The topological polar surface area (TPSA) is 64.6 Å². The van der Waals surface area contributed by atoms with Gasteiger partial charge in [0.1, 0.15) is 11.5 Å². The van der Waals surface area contributed by atoms with Gasteiger partial charge in [0.25, 0.3) is 0 Å². The third kappa shape index (κ3) is 5.47. The zero-order valence-corrected chi connectivity index (χ0v) is 17.7. The monoisotopic (exact) mass is 391 g/mol. The van der Waals surface area contributed by atoms with Crippen molar-refractivity contribution in [2.75, 3.05) is 7.11 Å². The molecule has 0 unspecified atom stereocenters. The van der Waals surface area contributed by atoms with Crippen molar-refractivity contribution in [2.24, 2.45) is 0 Å². The van der Waals surface area contributed by atoms with Gasteiger partial charge in [-0.3, -0.25) is 0 Å². The quantitative estimate of drug-likeness (QED) is 0.725. The van der Waals surface area contributed by atoms with Gasteiger partial charge < -0.3 is 9.47 Å². The van der Waals surface area contributed by atoms with Crippen LogP contribution in [0, 0.1) is 6.92 Å². The molecule has 2 aromatic carbocycles. The molecule has 1 N–H and O–H groups in total. The first-order valence-corrected chi connectivity index (χ1v) is 10.6. The number of aryl methyl sites for hydroxylation is 1. The highest BCUT2D eigenvalue weighted by Crippen LogP contribution is 2.31. The molecule has 0 saturated heterocycles. The Balaban J connectivity index is 2.20. The summed E-state index contributed by atoms with van der Waals surface area (Å²) in [6.45, 7) is 9.94. The van der Waals surface area contributed by atoms with Crippen LogP contribution in [0.1, 0.15) is 50.3 Å². The first kappa shape index (κ1) is 21.3. The summed E-state index contributed by atoms with van der Waals surface area (Å²) in [5.74, 6) is 1.63. The van der Waals surface area contributed by atoms with Crippen molar-refractivity contribution < 1.29 is 17.9 Å². The molecule has 5 nitrogen and oxygen atoms in total. The Hall–Kier alpha value is -2.05. The maximum Gasteiger partial charge on any atom is 0.241 e. The minimum absolute atomic E-state index is 0.0996. The van der Waals surface area contributed by atoms with Gasteiger partial charge in [-0.15, -0.1) is 0 Å². The van der Waals surface area contributed by atoms with Crippen LogP contribution in [0.25, 0.3) is 0 Å². The molecular weight excluding hydrogens is 362 g/mol. The van der Waals surface area contributed by atoms with Crippen LogP contribution >= 0.6 is 0 Å². The fourth-order valence-corrected chi connectivity index (χ4v) is 4.09. The molecule has 6 heteroatoms. The average molecular weight is 392 g/mol. The van der Waals surface area contributed by atoms with Gasteiger partial charge in [-0.05, 0) is 67.6 Å². The van der Waals surface area contributed by atoms with Gasteiger partial charge in [0, 0.05) is 6.54 Å². The summed E-state index contributed by atoms with van der Waals surface area (Å²) < 4.78 is 39.4. The lowest BCUT2D eigenvalue weighted by Gasteiger charge is -2.17. The molecule has 2 aromatic rings. The third-order valence-electron chi connectivity index (χ3n) is 4.20. The molecule has 0 aliphatic rings. The molecule has 148 valence electrons. The summed E-state index contributed by atoms with van der Waals surface area (Å²) in [7, 11) is -2.04. The molecule has 0 aliphatic heterocycles. The molecule has 0 saturated carbocycles. The van der Waals surface area contributed by atoms with Crippen molar-refractivity contribution in [2.45, 2.75) is 58.1 Å². The predicted octanol–water partition coefficient (Wildman–Crippen LogP) is 4.39. The minimum atomic E-state index is -3.64. The Bertz CT molecular complexity index is 872. The number of methoxy groups -OCH3 is 1. The summed E-state index contributed by atoms with van der Waals surface area (Å²) in [6, 6.07) is 10.9. The average Bonchev–Trinajstić information content (AvgIpc) is 2.60. The van der Waals surface area contributed by atoms with Gasteiger partial charge in [0.05, 0.1) is 18.1 Å². The first-order chi connectivity index (χ1) is 12.6. The zero-order chi connectivity index (χ0) is 20.2. The molecule has 0 spiro atoms. The number of benzene rings is 2. The minimum Gasteiger partial charge on any atom is -0.496 e. The van der Waals surface area contributed by atoms with Gasteiger partial charge in [-0.1, -0.05) is 26.0 Å². The van der Waals surface area contributed by atoms with Crippen LogP contribution < -0.4 is 14.2 Å². The van der Waals surface area contributed by atoms with E-state index in [1.165, 1.54) is 0 Å². The van der Waals surface area contributed by atoms with Gasteiger partial charge in [-0.25, -0.2) is 13.1 Å². The second-order valence-electron chi connectivity index (χ2n) is 7.15. The van der Waals surface area contributed by atoms with Gasteiger partial charge in [0.15, 0.2) is 0 Å². The Morgan fingerprint density at radius 1 is 1.04 bits per heavy atom. The smallest absolute Gasteiger partial charge is 0.241 e. The fraction of sp³-hybridized carbons (Fsp3) is 0.429. The second-order valence-corrected chi connectivity index (χ2v) is 8.88. The van der Waals surface area contributed by atoms with E-state index in [9.17, 15) is 8.42 Å². The molecule has 0 aromatic heterocycles. The lowest BCUT2D eigenvalue weighted by Crippen LogP contribution is -2.24. The van der Waals surface area contributed by atoms with E-state index in [1.807, 2.05) is 52.0 Å². The predicted molar refractivity (Wildman–Crippen MR) is 108 cm³/mol. The third-order valence-corrected chi connectivity index (χ3v) is 5.74. The number of hydrogen-bond donors (Lipinski definition) is 1. The van der Waals surface area contributed by atoms with Crippen molar-refractivity contribution in [1.29, 1.82) is 0 Å². The van der Waals surface area contributed by atoms with E-state index < -0.39 is 10.0 Å². The van der Waals surface area contributed by atoms with Gasteiger partial charge >= 0.3 is 0 Å². The lowest BCUT2D eigenvalue weighted by atomic mass is 10.0. The van der Waals surface area contributed by atoms with Crippen molar-refractivity contribution in [1.82, 2.24) is 4.72 Å². The Morgan fingerprint density at radius 3 is 2.19 bits per heavy atom. The summed E-state index contributed by atoms with van der Waals surface area (Å²) >= 11 is 0. The summed E-state index contributed by atoms with van der Waals surface area (Å²) in [5.41, 5.74) is 2.40. The molecule has 0 radical (unpaired) electrons. The van der Waals surface area contributed by atoms with E-state index in [0.717, 1.165) is 16.9 Å². The Kier molecular flexibility index (Phi) is 6.89. The molecule has 0 fully saturated rings. The Labute approximate surface area is 162 Å². The van der Waals surface area contributed by atoms with Crippen molar-refractivity contribution in [3.05, 3.63) is 53.1 Å². The van der Waals surface area contributed by atoms with Gasteiger partial charge in [-0.2, -0.15) is 0 Å². The largest absolute Gasteiger partial charge is 0.496 e.